The van der Waals surface area contributed by atoms with Gasteiger partial charge in [-0.2, -0.15) is 0 Å². The molecule has 0 aliphatic carbocycles. The molecule has 0 rings (SSSR count). The van der Waals surface area contributed by atoms with E-state index < -0.39 is 0 Å². The second-order valence-corrected chi connectivity index (χ2v) is 5.00. The fourth-order valence-electron chi connectivity index (χ4n) is 1.99. The van der Waals surface area contributed by atoms with E-state index >= 15 is 0 Å². The summed E-state index contributed by atoms with van der Waals surface area (Å²) in [5.41, 5.74) is 22.6. The highest BCUT2D eigenvalue weighted by Crippen LogP contribution is 2.01. The van der Waals surface area contributed by atoms with Gasteiger partial charge in [-0.1, -0.05) is 0 Å². The van der Waals surface area contributed by atoms with Crippen molar-refractivity contribution in [1.29, 1.82) is 0 Å². The largest absolute Gasteiger partial charge is 0.330 e. The number of hydrogen-bond acceptors (Lipinski definition) is 6. The fourth-order valence-corrected chi connectivity index (χ4v) is 1.99. The van der Waals surface area contributed by atoms with Crippen molar-refractivity contribution in [3.8, 4) is 0 Å². The molecule has 0 fully saturated rings. The summed E-state index contributed by atoms with van der Waals surface area (Å²) in [6, 6.07) is 0.265. The van der Waals surface area contributed by atoms with Crippen LogP contribution in [0.2, 0.25) is 0 Å². The van der Waals surface area contributed by atoms with E-state index in [1.54, 1.807) is 0 Å². The third-order valence-electron chi connectivity index (χ3n) is 3.20. The zero-order valence-corrected chi connectivity index (χ0v) is 12.3. The minimum Gasteiger partial charge on any atom is -0.330 e. The Balaban J connectivity index is 3.77. The topological polar surface area (TPSA) is 119 Å². The summed E-state index contributed by atoms with van der Waals surface area (Å²) in [5.74, 6) is 0. The Hall–Kier alpha value is -0.240. The molecule has 6 heteroatoms. The molecule has 0 aliphatic rings. The van der Waals surface area contributed by atoms with Crippen LogP contribution in [0.15, 0.2) is 0 Å². The number of nitrogens with zero attached hydrogens (tertiary/aromatic N) is 1. The van der Waals surface area contributed by atoms with E-state index in [1.165, 1.54) is 0 Å². The van der Waals surface area contributed by atoms with E-state index in [4.69, 9.17) is 22.9 Å². The quantitative estimate of drug-likeness (QED) is 0.250. The molecule has 0 saturated carbocycles. The van der Waals surface area contributed by atoms with E-state index in [0.29, 0.717) is 6.54 Å². The van der Waals surface area contributed by atoms with Crippen LogP contribution in [0.5, 0.6) is 0 Å². The monoisotopic (exact) mass is 274 g/mol. The molecule has 0 amide bonds. The maximum Gasteiger partial charge on any atom is 0.0107 e. The molecule has 116 valence electrons. The first kappa shape index (κ1) is 18.8. The van der Waals surface area contributed by atoms with E-state index in [0.717, 1.165) is 71.5 Å². The van der Waals surface area contributed by atoms with Crippen molar-refractivity contribution < 1.29 is 0 Å². The van der Waals surface area contributed by atoms with Crippen molar-refractivity contribution in [2.45, 2.75) is 31.7 Å². The fraction of sp³-hybridized carbons (Fsp3) is 1.00. The van der Waals surface area contributed by atoms with Gasteiger partial charge in [-0.05, 0) is 51.9 Å². The number of hydrogen-bond donors (Lipinski definition) is 5. The molecule has 0 spiro atoms. The molecule has 0 aromatic heterocycles. The minimum atomic E-state index is 0.265. The average molecular weight is 274 g/mol. The smallest absolute Gasteiger partial charge is 0.0107 e. The molecule has 0 aromatic rings. The molecule has 0 saturated heterocycles. The molecule has 9 N–H and O–H groups in total. The Morgan fingerprint density at radius 3 is 2.16 bits per heavy atom. The lowest BCUT2D eigenvalue weighted by atomic mass is 10.1. The zero-order chi connectivity index (χ0) is 14.3. The molecule has 0 bridgehead atoms. The zero-order valence-electron chi connectivity index (χ0n) is 12.3. The molecule has 0 aliphatic heterocycles. The van der Waals surface area contributed by atoms with Crippen molar-refractivity contribution >= 4 is 0 Å². The van der Waals surface area contributed by atoms with Gasteiger partial charge in [0, 0.05) is 32.2 Å². The number of nitrogens with one attached hydrogen (secondary N) is 1. The maximum atomic E-state index is 6.07. The maximum absolute atomic E-state index is 6.07. The highest BCUT2D eigenvalue weighted by Gasteiger charge is 2.07. The van der Waals surface area contributed by atoms with Gasteiger partial charge in [0.25, 0.3) is 0 Å². The van der Waals surface area contributed by atoms with Crippen LogP contribution in [0.1, 0.15) is 25.7 Å². The normalized spacial score (nSPS) is 13.1. The van der Waals surface area contributed by atoms with Gasteiger partial charge in [0.05, 0.1) is 0 Å². The summed E-state index contributed by atoms with van der Waals surface area (Å²) in [4.78, 5) is 2.43. The van der Waals surface area contributed by atoms with Crippen molar-refractivity contribution in [2.24, 2.45) is 22.9 Å². The van der Waals surface area contributed by atoms with Crippen molar-refractivity contribution in [3.63, 3.8) is 0 Å². The first-order valence-electron chi connectivity index (χ1n) is 7.53. The first-order chi connectivity index (χ1) is 9.24. The molecular weight excluding hydrogens is 240 g/mol. The van der Waals surface area contributed by atoms with Crippen LogP contribution in [-0.4, -0.2) is 63.3 Å². The van der Waals surface area contributed by atoms with Crippen LogP contribution in [0.3, 0.4) is 0 Å². The van der Waals surface area contributed by atoms with Crippen LogP contribution >= 0.6 is 0 Å². The Morgan fingerprint density at radius 2 is 1.53 bits per heavy atom. The van der Waals surface area contributed by atoms with Crippen LogP contribution in [0.25, 0.3) is 0 Å². The molecule has 0 radical (unpaired) electrons. The van der Waals surface area contributed by atoms with Crippen LogP contribution in [0, 0.1) is 0 Å². The second kappa shape index (κ2) is 14.2. The predicted molar refractivity (Wildman–Crippen MR) is 82.9 cm³/mol. The van der Waals surface area contributed by atoms with Gasteiger partial charge < -0.3 is 33.2 Å². The number of rotatable bonds is 14. The Morgan fingerprint density at radius 1 is 0.789 bits per heavy atom. The Bertz CT molecular complexity index is 179. The minimum absolute atomic E-state index is 0.265. The first-order valence-corrected chi connectivity index (χ1v) is 7.53. The summed E-state index contributed by atoms with van der Waals surface area (Å²) in [6.07, 6.45) is 4.10. The van der Waals surface area contributed by atoms with Crippen molar-refractivity contribution in [2.75, 3.05) is 52.4 Å². The van der Waals surface area contributed by atoms with Gasteiger partial charge in [0.2, 0.25) is 0 Å². The average Bonchev–Trinajstić information content (AvgIpc) is 2.43. The molecule has 19 heavy (non-hydrogen) atoms. The summed E-state index contributed by atoms with van der Waals surface area (Å²) in [7, 11) is 0. The van der Waals surface area contributed by atoms with Crippen LogP contribution < -0.4 is 28.3 Å². The summed E-state index contributed by atoms with van der Waals surface area (Å²) in [6.45, 7) is 7.12. The van der Waals surface area contributed by atoms with Crippen molar-refractivity contribution in [3.05, 3.63) is 0 Å². The lowest BCUT2D eigenvalue weighted by Crippen LogP contribution is -2.37. The molecule has 1 atom stereocenters. The SMILES string of the molecule is NCCCC(N)CCN(CCCN)CCNCCN. The summed E-state index contributed by atoms with van der Waals surface area (Å²) >= 11 is 0. The lowest BCUT2D eigenvalue weighted by molar-refractivity contribution is 0.259. The molecule has 0 aromatic carbocycles. The van der Waals surface area contributed by atoms with Crippen LogP contribution in [0.4, 0.5) is 0 Å². The predicted octanol–water partition coefficient (Wildman–Crippen LogP) is -1.36. The van der Waals surface area contributed by atoms with Gasteiger partial charge in [-0.25, -0.2) is 0 Å². The third kappa shape index (κ3) is 12.5. The van der Waals surface area contributed by atoms with Gasteiger partial charge in [-0.3, -0.25) is 0 Å². The van der Waals surface area contributed by atoms with E-state index in [1.807, 2.05) is 0 Å². The Labute approximate surface area is 118 Å². The standard InChI is InChI=1S/C13H34N6/c14-5-1-3-13(17)4-11-19(10-2-6-15)12-9-18-8-7-16/h13,18H,1-12,14-17H2. The molecule has 1 unspecified atom stereocenters. The summed E-state index contributed by atoms with van der Waals surface area (Å²) < 4.78 is 0. The third-order valence-corrected chi connectivity index (χ3v) is 3.20. The number of nitrogens with two attached hydrogens (primary N) is 4. The molecule has 0 heterocycles. The second-order valence-electron chi connectivity index (χ2n) is 5.00. The van der Waals surface area contributed by atoms with E-state index in [9.17, 15) is 0 Å². The molecule has 6 nitrogen and oxygen atoms in total. The highest BCUT2D eigenvalue weighted by molar-refractivity contribution is 4.67. The van der Waals surface area contributed by atoms with E-state index in [2.05, 4.69) is 10.2 Å². The van der Waals surface area contributed by atoms with E-state index in [-0.39, 0.29) is 6.04 Å². The van der Waals surface area contributed by atoms with Gasteiger partial charge in [0.1, 0.15) is 0 Å². The van der Waals surface area contributed by atoms with Gasteiger partial charge >= 0.3 is 0 Å². The van der Waals surface area contributed by atoms with Crippen LogP contribution in [-0.2, 0) is 0 Å². The lowest BCUT2D eigenvalue weighted by Gasteiger charge is -2.24. The van der Waals surface area contributed by atoms with Gasteiger partial charge in [0.15, 0.2) is 0 Å². The van der Waals surface area contributed by atoms with Crippen molar-refractivity contribution in [1.82, 2.24) is 10.2 Å². The summed E-state index contributed by atoms with van der Waals surface area (Å²) in [5, 5.41) is 3.32. The molecular formula is C13H34N6. The Kier molecular flexibility index (Phi) is 14.0. The highest BCUT2D eigenvalue weighted by atomic mass is 15.1. The van der Waals surface area contributed by atoms with Gasteiger partial charge in [-0.15, -0.1) is 0 Å².